The first-order chi connectivity index (χ1) is 21.3. The number of ether oxygens (including phenoxy) is 1. The van der Waals surface area contributed by atoms with Crippen molar-refractivity contribution in [1.82, 2.24) is 0 Å². The fraction of sp³-hybridized carbons (Fsp3) is 0.463. The van der Waals surface area contributed by atoms with Crippen LogP contribution in [0.15, 0.2) is 92.5 Å². The van der Waals surface area contributed by atoms with Crippen LogP contribution in [0, 0.1) is 21.7 Å². The summed E-state index contributed by atoms with van der Waals surface area (Å²) in [6, 6.07) is 22.7. The minimum absolute atomic E-state index is 0.0636. The number of allylic oxidation sites excluding steroid dienone is 3. The maximum Gasteiger partial charge on any atom is 0.453 e. The number of hydrogen-bond donors (Lipinski definition) is 0. The van der Waals surface area contributed by atoms with Crippen LogP contribution in [0.4, 0.5) is 0 Å². The monoisotopic (exact) mass is 640 g/mol. The van der Waals surface area contributed by atoms with Crippen molar-refractivity contribution in [2.75, 3.05) is 7.11 Å². The van der Waals surface area contributed by atoms with Crippen molar-refractivity contribution in [2.24, 2.45) is 21.7 Å². The Morgan fingerprint density at radius 1 is 0.652 bits per heavy atom. The van der Waals surface area contributed by atoms with E-state index in [2.05, 4.69) is 119 Å². The smallest absolute Gasteiger partial charge is 0.453 e. The number of hydrogen-bond acceptors (Lipinski definition) is 4. The molecule has 5 heteroatoms. The van der Waals surface area contributed by atoms with Crippen molar-refractivity contribution in [1.29, 1.82) is 0 Å². The van der Waals surface area contributed by atoms with Crippen molar-refractivity contribution in [3.63, 3.8) is 0 Å². The van der Waals surface area contributed by atoms with Crippen LogP contribution in [0.2, 0.25) is 0 Å². The summed E-state index contributed by atoms with van der Waals surface area (Å²) in [6.45, 7) is 27.8. The largest absolute Gasteiger partial charge is 0.496 e. The van der Waals surface area contributed by atoms with Gasteiger partial charge in [-0.1, -0.05) is 144 Å². The van der Waals surface area contributed by atoms with Gasteiger partial charge in [-0.2, -0.15) is 0 Å². The van der Waals surface area contributed by atoms with Gasteiger partial charge in [0.2, 0.25) is 0 Å². The van der Waals surface area contributed by atoms with Crippen LogP contribution in [0.1, 0.15) is 101 Å². The molecule has 4 aromatic rings. The molecule has 1 heterocycles. The number of benzene rings is 3. The van der Waals surface area contributed by atoms with Crippen LogP contribution >= 0.6 is 8.24 Å². The molecule has 0 amide bonds. The molecule has 0 spiro atoms. The molecule has 0 saturated heterocycles. The molecule has 0 bridgehead atoms. The molecule has 0 saturated carbocycles. The molecule has 246 valence electrons. The predicted molar refractivity (Wildman–Crippen MR) is 195 cm³/mol. The second-order valence-electron chi connectivity index (χ2n) is 16.9. The van der Waals surface area contributed by atoms with Crippen LogP contribution in [0.5, 0.6) is 5.75 Å². The maximum absolute atomic E-state index is 7.15. The topological polar surface area (TPSA) is 44.7 Å². The van der Waals surface area contributed by atoms with Gasteiger partial charge in [0, 0.05) is 32.9 Å². The zero-order chi connectivity index (χ0) is 33.9. The van der Waals surface area contributed by atoms with Crippen molar-refractivity contribution < 1.29 is 17.7 Å². The van der Waals surface area contributed by atoms with E-state index in [0.29, 0.717) is 0 Å². The van der Waals surface area contributed by atoms with Gasteiger partial charge >= 0.3 is 8.24 Å². The zero-order valence-electron chi connectivity index (χ0n) is 30.2. The summed E-state index contributed by atoms with van der Waals surface area (Å²) < 4.78 is 26.7. The van der Waals surface area contributed by atoms with Gasteiger partial charge in [-0.05, 0) is 45.8 Å². The highest BCUT2D eigenvalue weighted by Crippen LogP contribution is 2.63. The molecule has 1 aliphatic rings. The molecule has 1 aromatic heterocycles. The molecule has 0 radical (unpaired) electrons. The summed E-state index contributed by atoms with van der Waals surface area (Å²) in [5.74, 6) is 1.70. The lowest BCUT2D eigenvalue weighted by Gasteiger charge is -2.55. The number of rotatable bonds is 4. The quantitative estimate of drug-likeness (QED) is 0.223. The third kappa shape index (κ3) is 6.06. The summed E-state index contributed by atoms with van der Waals surface area (Å²) >= 11 is 0. The molecule has 0 atom stereocenters. The van der Waals surface area contributed by atoms with Crippen molar-refractivity contribution in [3.8, 4) is 5.75 Å². The van der Waals surface area contributed by atoms with Crippen molar-refractivity contribution >= 4 is 35.8 Å². The first kappa shape index (κ1) is 34.0. The molecule has 0 unspecified atom stereocenters. The molecule has 1 aliphatic carbocycles. The van der Waals surface area contributed by atoms with Crippen LogP contribution in [-0.2, 0) is 5.41 Å². The summed E-state index contributed by atoms with van der Waals surface area (Å²) in [7, 11) is -0.0755. The Labute approximate surface area is 277 Å². The average Bonchev–Trinajstić information content (AvgIpc) is 3.10. The molecule has 4 nitrogen and oxygen atoms in total. The molecule has 0 N–H and O–H groups in total. The third-order valence-electron chi connectivity index (χ3n) is 9.84. The fourth-order valence-corrected chi connectivity index (χ4v) is 8.38. The maximum atomic E-state index is 7.15. The minimum Gasteiger partial charge on any atom is -0.496 e. The molecular formula is C41H53O4P. The highest BCUT2D eigenvalue weighted by molar-refractivity contribution is 7.32. The first-order valence-corrected chi connectivity index (χ1v) is 17.6. The van der Waals surface area contributed by atoms with E-state index in [1.165, 1.54) is 5.57 Å². The highest BCUT2D eigenvalue weighted by atomic mass is 31.1. The van der Waals surface area contributed by atoms with Crippen LogP contribution in [0.3, 0.4) is 0 Å². The van der Waals surface area contributed by atoms with Gasteiger partial charge in [0.15, 0.2) is 0 Å². The number of fused-ring (bicyclic) bond motifs is 3. The van der Waals surface area contributed by atoms with Gasteiger partial charge in [-0.15, -0.1) is 0 Å². The van der Waals surface area contributed by atoms with Gasteiger partial charge in [0.1, 0.15) is 22.7 Å². The Morgan fingerprint density at radius 3 is 1.63 bits per heavy atom. The lowest BCUT2D eigenvalue weighted by molar-refractivity contribution is 0.0116. The van der Waals surface area contributed by atoms with Gasteiger partial charge in [0.05, 0.1) is 7.11 Å². The summed E-state index contributed by atoms with van der Waals surface area (Å²) in [6.07, 6.45) is 3.34. The van der Waals surface area contributed by atoms with Crippen LogP contribution < -0.4 is 9.26 Å². The minimum atomic E-state index is -1.86. The van der Waals surface area contributed by atoms with Crippen LogP contribution in [0.25, 0.3) is 27.5 Å². The second kappa shape index (κ2) is 11.7. The molecule has 0 fully saturated rings. The van der Waals surface area contributed by atoms with E-state index in [1.807, 2.05) is 36.4 Å². The fourth-order valence-electron chi connectivity index (χ4n) is 7.27. The Hall–Kier alpha value is -3.36. The second-order valence-corrected chi connectivity index (χ2v) is 17.9. The van der Waals surface area contributed by atoms with Gasteiger partial charge in [-0.25, -0.2) is 0 Å². The van der Waals surface area contributed by atoms with E-state index < -0.39 is 8.24 Å². The molecule has 5 rings (SSSR count). The van der Waals surface area contributed by atoms with Gasteiger partial charge in [-0.3, -0.25) is 0 Å². The summed E-state index contributed by atoms with van der Waals surface area (Å²) in [5.41, 5.74) is 5.31. The average molecular weight is 641 g/mol. The Morgan fingerprint density at radius 2 is 1.17 bits per heavy atom. The van der Waals surface area contributed by atoms with Crippen LogP contribution in [-0.4, -0.2) is 7.11 Å². The normalized spacial score (nSPS) is 16.1. The predicted octanol–water partition coefficient (Wildman–Crippen LogP) is 12.9. The standard InChI is InChI=1S/C41H53O4P/c1-37(2,3)31-22-18-21-29(35(31)42-13)30-25-41(39(7,8)9,40(10,11)12)26-32(38(4,5)6)36(30)45-46-43-33-23-16-14-19-27(33)28-20-15-17-24-34(28)44-46/h14-25H,26H2,1-13H3. The van der Waals surface area contributed by atoms with E-state index in [1.54, 1.807) is 7.11 Å². The molecule has 0 aliphatic heterocycles. The Kier molecular flexibility index (Phi) is 8.65. The number of methoxy groups -OCH3 is 1. The number of para-hydroxylation sites is 3. The third-order valence-corrected chi connectivity index (χ3v) is 10.9. The summed E-state index contributed by atoms with van der Waals surface area (Å²) in [5, 5.41) is 1.99. The van der Waals surface area contributed by atoms with Crippen molar-refractivity contribution in [2.45, 2.75) is 94.9 Å². The van der Waals surface area contributed by atoms with E-state index in [9.17, 15) is 0 Å². The van der Waals surface area contributed by atoms with E-state index in [0.717, 1.165) is 56.6 Å². The van der Waals surface area contributed by atoms with E-state index in [-0.39, 0.29) is 27.1 Å². The molecular weight excluding hydrogens is 587 g/mol. The Bertz CT molecular complexity index is 1790. The van der Waals surface area contributed by atoms with E-state index in [4.69, 9.17) is 17.7 Å². The van der Waals surface area contributed by atoms with Gasteiger partial charge in [0.25, 0.3) is 0 Å². The SMILES string of the molecule is COc1c(C2=CC(C(C)(C)C)(C(C)(C)C)CC(C(C)(C)C)=C2Op2oc3ccccc3c3ccccc3o2)cccc1C(C)(C)C. The van der Waals surface area contributed by atoms with E-state index >= 15 is 0 Å². The lowest BCUT2D eigenvalue weighted by Crippen LogP contribution is -2.47. The van der Waals surface area contributed by atoms with Crippen molar-refractivity contribution in [3.05, 3.63) is 95.3 Å². The summed E-state index contributed by atoms with van der Waals surface area (Å²) in [4.78, 5) is 0. The highest BCUT2D eigenvalue weighted by Gasteiger charge is 2.53. The molecule has 46 heavy (non-hydrogen) atoms. The molecule has 3 aromatic carbocycles. The Balaban J connectivity index is 1.90. The lowest BCUT2D eigenvalue weighted by atomic mass is 9.49. The zero-order valence-corrected chi connectivity index (χ0v) is 31.1. The first-order valence-electron chi connectivity index (χ1n) is 16.5. The van der Waals surface area contributed by atoms with Gasteiger partial charge < -0.3 is 17.7 Å².